The first-order valence-corrected chi connectivity index (χ1v) is 7.97. The summed E-state index contributed by atoms with van der Waals surface area (Å²) in [5, 5.41) is 3.30. The van der Waals surface area contributed by atoms with Crippen LogP contribution in [0.3, 0.4) is 0 Å². The van der Waals surface area contributed by atoms with E-state index >= 15 is 0 Å². The van der Waals surface area contributed by atoms with Crippen LogP contribution in [0.25, 0.3) is 0 Å². The Labute approximate surface area is 121 Å². The van der Waals surface area contributed by atoms with Crippen molar-refractivity contribution in [2.45, 2.75) is 58.0 Å². The van der Waals surface area contributed by atoms with Gasteiger partial charge in [-0.1, -0.05) is 6.92 Å². The van der Waals surface area contributed by atoms with Crippen LogP contribution in [0.15, 0.2) is 0 Å². The van der Waals surface area contributed by atoms with E-state index in [0.717, 1.165) is 51.7 Å². The van der Waals surface area contributed by atoms with Crippen molar-refractivity contribution in [1.29, 1.82) is 0 Å². The van der Waals surface area contributed by atoms with Crippen LogP contribution in [0.5, 0.6) is 0 Å². The van der Waals surface area contributed by atoms with Gasteiger partial charge in [0.2, 0.25) is 11.8 Å². The number of carbonyl (C=O) groups is 2. The number of piperidine rings is 1. The molecule has 2 heterocycles. The minimum Gasteiger partial charge on any atom is -0.341 e. The predicted molar refractivity (Wildman–Crippen MR) is 78.3 cm³/mol. The van der Waals surface area contributed by atoms with Crippen molar-refractivity contribution < 1.29 is 9.59 Å². The van der Waals surface area contributed by atoms with E-state index in [1.54, 1.807) is 4.90 Å². The molecule has 0 aromatic heterocycles. The Balaban J connectivity index is 1.95. The molecule has 2 aliphatic heterocycles. The van der Waals surface area contributed by atoms with Crippen LogP contribution in [0.2, 0.25) is 0 Å². The monoisotopic (exact) mass is 281 g/mol. The number of hydrogen-bond acceptors (Lipinski definition) is 3. The van der Waals surface area contributed by atoms with Crippen LogP contribution in [-0.4, -0.2) is 59.9 Å². The van der Waals surface area contributed by atoms with Crippen LogP contribution >= 0.6 is 0 Å². The highest BCUT2D eigenvalue weighted by atomic mass is 16.2. The maximum atomic E-state index is 12.5. The zero-order valence-corrected chi connectivity index (χ0v) is 12.7. The van der Waals surface area contributed by atoms with Gasteiger partial charge in [0, 0.05) is 19.6 Å². The number of amides is 2. The van der Waals surface area contributed by atoms with Gasteiger partial charge in [0.15, 0.2) is 0 Å². The summed E-state index contributed by atoms with van der Waals surface area (Å²) in [5.41, 5.74) is 0. The van der Waals surface area contributed by atoms with Gasteiger partial charge in [-0.15, -0.1) is 0 Å². The lowest BCUT2D eigenvalue weighted by molar-refractivity contribution is -0.147. The lowest BCUT2D eigenvalue weighted by Crippen LogP contribution is -2.57. The summed E-state index contributed by atoms with van der Waals surface area (Å²) in [6, 6.07) is -0.413. The molecule has 2 fully saturated rings. The third kappa shape index (κ3) is 3.32. The Bertz CT molecular complexity index is 353. The van der Waals surface area contributed by atoms with Gasteiger partial charge < -0.3 is 15.1 Å². The zero-order valence-electron chi connectivity index (χ0n) is 12.7. The standard InChI is InChI=1S/C15H27N3O2/c1-3-8-16-13-7-6-11-18(15(13)20)12(2)14(19)17-9-4-5-10-17/h12-13,16H,3-11H2,1-2H3. The highest BCUT2D eigenvalue weighted by molar-refractivity contribution is 5.90. The smallest absolute Gasteiger partial charge is 0.245 e. The molecule has 2 rings (SSSR count). The Hall–Kier alpha value is -1.10. The topological polar surface area (TPSA) is 52.7 Å². The number of hydrogen-bond donors (Lipinski definition) is 1. The number of carbonyl (C=O) groups excluding carboxylic acids is 2. The third-order valence-electron chi connectivity index (χ3n) is 4.36. The molecule has 0 radical (unpaired) electrons. The molecular formula is C15H27N3O2. The summed E-state index contributed by atoms with van der Waals surface area (Å²) in [4.78, 5) is 28.6. The second kappa shape index (κ2) is 7.07. The minimum atomic E-state index is -0.313. The highest BCUT2D eigenvalue weighted by Crippen LogP contribution is 2.18. The first-order chi connectivity index (χ1) is 9.65. The first-order valence-electron chi connectivity index (χ1n) is 7.97. The molecule has 0 saturated carbocycles. The summed E-state index contributed by atoms with van der Waals surface area (Å²) in [7, 11) is 0. The molecule has 2 saturated heterocycles. The predicted octanol–water partition coefficient (Wildman–Crippen LogP) is 0.988. The average Bonchev–Trinajstić information content (AvgIpc) is 2.99. The number of likely N-dealkylation sites (tertiary alicyclic amines) is 2. The first kappa shape index (κ1) is 15.3. The Morgan fingerprint density at radius 3 is 2.65 bits per heavy atom. The van der Waals surface area contributed by atoms with Gasteiger partial charge in [0.25, 0.3) is 0 Å². The Morgan fingerprint density at radius 2 is 2.00 bits per heavy atom. The summed E-state index contributed by atoms with van der Waals surface area (Å²) >= 11 is 0. The average molecular weight is 281 g/mol. The molecule has 0 spiro atoms. The van der Waals surface area contributed by atoms with Crippen molar-refractivity contribution in [2.75, 3.05) is 26.2 Å². The van der Waals surface area contributed by atoms with Crippen molar-refractivity contribution >= 4 is 11.8 Å². The molecular weight excluding hydrogens is 254 g/mol. The van der Waals surface area contributed by atoms with E-state index in [1.165, 1.54) is 0 Å². The quantitative estimate of drug-likeness (QED) is 0.817. The summed E-state index contributed by atoms with van der Waals surface area (Å²) in [5.74, 6) is 0.219. The van der Waals surface area contributed by atoms with E-state index in [1.807, 2.05) is 11.8 Å². The largest absolute Gasteiger partial charge is 0.341 e. The summed E-state index contributed by atoms with van der Waals surface area (Å²) in [6.45, 7) is 7.24. The van der Waals surface area contributed by atoms with Gasteiger partial charge in [-0.2, -0.15) is 0 Å². The lowest BCUT2D eigenvalue weighted by atomic mass is 10.0. The summed E-state index contributed by atoms with van der Waals surface area (Å²) in [6.07, 6.45) is 5.07. The molecule has 2 amide bonds. The van der Waals surface area contributed by atoms with Crippen molar-refractivity contribution in [1.82, 2.24) is 15.1 Å². The molecule has 5 nitrogen and oxygen atoms in total. The van der Waals surface area contributed by atoms with Gasteiger partial charge in [-0.3, -0.25) is 9.59 Å². The molecule has 2 unspecified atom stereocenters. The van der Waals surface area contributed by atoms with E-state index in [-0.39, 0.29) is 23.9 Å². The van der Waals surface area contributed by atoms with Crippen LogP contribution in [-0.2, 0) is 9.59 Å². The lowest BCUT2D eigenvalue weighted by Gasteiger charge is -2.37. The highest BCUT2D eigenvalue weighted by Gasteiger charge is 2.35. The molecule has 2 atom stereocenters. The van der Waals surface area contributed by atoms with E-state index in [9.17, 15) is 9.59 Å². The third-order valence-corrected chi connectivity index (χ3v) is 4.36. The van der Waals surface area contributed by atoms with Crippen LogP contribution < -0.4 is 5.32 Å². The van der Waals surface area contributed by atoms with Gasteiger partial charge in [-0.25, -0.2) is 0 Å². The maximum absolute atomic E-state index is 12.5. The second-order valence-corrected chi connectivity index (χ2v) is 5.89. The number of rotatable bonds is 5. The molecule has 0 aliphatic carbocycles. The Morgan fingerprint density at radius 1 is 1.30 bits per heavy atom. The van der Waals surface area contributed by atoms with Crippen molar-refractivity contribution in [3.05, 3.63) is 0 Å². The molecule has 1 N–H and O–H groups in total. The fourth-order valence-corrected chi connectivity index (χ4v) is 3.13. The molecule has 0 bridgehead atoms. The second-order valence-electron chi connectivity index (χ2n) is 5.89. The van der Waals surface area contributed by atoms with Crippen molar-refractivity contribution in [2.24, 2.45) is 0 Å². The van der Waals surface area contributed by atoms with E-state index in [4.69, 9.17) is 0 Å². The fourth-order valence-electron chi connectivity index (χ4n) is 3.13. The van der Waals surface area contributed by atoms with Crippen LogP contribution in [0.4, 0.5) is 0 Å². The minimum absolute atomic E-state index is 0.0995. The normalized spacial score (nSPS) is 25.1. The van der Waals surface area contributed by atoms with Crippen molar-refractivity contribution in [3.8, 4) is 0 Å². The zero-order chi connectivity index (χ0) is 14.5. The van der Waals surface area contributed by atoms with Gasteiger partial charge in [0.1, 0.15) is 6.04 Å². The van der Waals surface area contributed by atoms with Crippen LogP contribution in [0, 0.1) is 0 Å². The fraction of sp³-hybridized carbons (Fsp3) is 0.867. The van der Waals surface area contributed by atoms with E-state index < -0.39 is 0 Å². The number of nitrogens with one attached hydrogen (secondary N) is 1. The SMILES string of the molecule is CCCNC1CCCN(C(C)C(=O)N2CCCC2)C1=O. The van der Waals surface area contributed by atoms with Gasteiger partial charge in [-0.05, 0) is 45.6 Å². The Kier molecular flexibility index (Phi) is 5.40. The number of nitrogens with zero attached hydrogens (tertiary/aromatic N) is 2. The van der Waals surface area contributed by atoms with E-state index in [2.05, 4.69) is 12.2 Å². The van der Waals surface area contributed by atoms with Crippen molar-refractivity contribution in [3.63, 3.8) is 0 Å². The van der Waals surface area contributed by atoms with Crippen LogP contribution in [0.1, 0.15) is 46.0 Å². The molecule has 5 heteroatoms. The molecule has 0 aromatic carbocycles. The van der Waals surface area contributed by atoms with E-state index in [0.29, 0.717) is 6.54 Å². The molecule has 114 valence electrons. The molecule has 20 heavy (non-hydrogen) atoms. The van der Waals surface area contributed by atoms with Gasteiger partial charge >= 0.3 is 0 Å². The maximum Gasteiger partial charge on any atom is 0.245 e. The molecule has 0 aromatic rings. The van der Waals surface area contributed by atoms with Gasteiger partial charge in [0.05, 0.1) is 6.04 Å². The molecule has 2 aliphatic rings. The summed E-state index contributed by atoms with van der Waals surface area (Å²) < 4.78 is 0.